The summed E-state index contributed by atoms with van der Waals surface area (Å²) in [6.45, 7) is 0. The Balaban J connectivity index is 1.58. The fourth-order valence-corrected chi connectivity index (χ4v) is 3.71. The molecular weight excluding hydrogens is 470 g/mol. The van der Waals surface area contributed by atoms with Crippen LogP contribution in [0.15, 0.2) is 82.9 Å². The van der Waals surface area contributed by atoms with Gasteiger partial charge in [0, 0.05) is 29.5 Å². The van der Waals surface area contributed by atoms with Crippen LogP contribution in [-0.2, 0) is 9.59 Å². The predicted octanol–water partition coefficient (Wildman–Crippen LogP) is 3.62. The SMILES string of the molecule is O=C1NC(=S)NC(=O)C1=Cc1cn(-c2ccccc2)nc1-c1ccc(-c2ccc([N+](=O)[O-])cc2)o1. The summed E-state index contributed by atoms with van der Waals surface area (Å²) < 4.78 is 7.62. The van der Waals surface area contributed by atoms with Crippen molar-refractivity contribution in [3.05, 3.63) is 94.2 Å². The molecule has 0 saturated carbocycles. The molecule has 0 spiro atoms. The van der Waals surface area contributed by atoms with Crippen molar-refractivity contribution in [2.45, 2.75) is 0 Å². The van der Waals surface area contributed by atoms with E-state index >= 15 is 0 Å². The first kappa shape index (κ1) is 21.9. The molecule has 1 aliphatic heterocycles. The molecule has 0 aliphatic carbocycles. The summed E-state index contributed by atoms with van der Waals surface area (Å²) >= 11 is 4.86. The number of nitrogens with zero attached hydrogens (tertiary/aromatic N) is 3. The van der Waals surface area contributed by atoms with E-state index in [4.69, 9.17) is 16.6 Å². The monoisotopic (exact) mass is 485 g/mol. The number of nitrogens with one attached hydrogen (secondary N) is 2. The summed E-state index contributed by atoms with van der Waals surface area (Å²) in [6.07, 6.45) is 3.10. The molecule has 1 saturated heterocycles. The zero-order chi connectivity index (χ0) is 24.5. The number of aromatic nitrogens is 2. The lowest BCUT2D eigenvalue weighted by Crippen LogP contribution is -2.51. The van der Waals surface area contributed by atoms with Crippen LogP contribution in [0.25, 0.3) is 34.5 Å². The summed E-state index contributed by atoms with van der Waals surface area (Å²) in [4.78, 5) is 35.2. The minimum Gasteiger partial charge on any atom is -0.454 e. The lowest BCUT2D eigenvalue weighted by atomic mass is 10.1. The molecule has 5 rings (SSSR count). The quantitative estimate of drug-likeness (QED) is 0.145. The van der Waals surface area contributed by atoms with Gasteiger partial charge in [-0.1, -0.05) is 18.2 Å². The van der Waals surface area contributed by atoms with Crippen LogP contribution in [0.2, 0.25) is 0 Å². The maximum atomic E-state index is 12.4. The summed E-state index contributed by atoms with van der Waals surface area (Å²) in [5.41, 5.74) is 2.10. The Morgan fingerprint density at radius 2 is 1.60 bits per heavy atom. The lowest BCUT2D eigenvalue weighted by molar-refractivity contribution is -0.384. The molecule has 2 amide bonds. The molecule has 1 aliphatic rings. The maximum absolute atomic E-state index is 12.4. The van der Waals surface area contributed by atoms with Crippen molar-refractivity contribution in [2.75, 3.05) is 0 Å². The smallest absolute Gasteiger partial charge is 0.269 e. The van der Waals surface area contributed by atoms with Gasteiger partial charge in [-0.25, -0.2) is 4.68 Å². The van der Waals surface area contributed by atoms with E-state index in [0.717, 1.165) is 5.69 Å². The molecule has 11 heteroatoms. The summed E-state index contributed by atoms with van der Waals surface area (Å²) in [6, 6.07) is 18.7. The first-order valence-corrected chi connectivity index (χ1v) is 10.7. The number of para-hydroxylation sites is 1. The second-order valence-electron chi connectivity index (χ2n) is 7.48. The van der Waals surface area contributed by atoms with E-state index in [0.29, 0.717) is 28.3 Å². The van der Waals surface area contributed by atoms with Crippen molar-refractivity contribution < 1.29 is 18.9 Å². The van der Waals surface area contributed by atoms with Crippen molar-refractivity contribution in [1.82, 2.24) is 20.4 Å². The number of rotatable bonds is 5. The van der Waals surface area contributed by atoms with E-state index in [-0.39, 0.29) is 16.4 Å². The Hall–Kier alpha value is -4.90. The van der Waals surface area contributed by atoms with E-state index in [1.54, 1.807) is 35.1 Å². The number of hydrogen-bond acceptors (Lipinski definition) is 7. The van der Waals surface area contributed by atoms with Gasteiger partial charge >= 0.3 is 0 Å². The fourth-order valence-electron chi connectivity index (χ4n) is 3.53. The second kappa shape index (κ2) is 8.80. The van der Waals surface area contributed by atoms with E-state index in [2.05, 4.69) is 15.7 Å². The average Bonchev–Trinajstić information content (AvgIpc) is 3.49. The fraction of sp³-hybridized carbons (Fsp3) is 0. The zero-order valence-corrected chi connectivity index (χ0v) is 18.6. The summed E-state index contributed by atoms with van der Waals surface area (Å²) in [7, 11) is 0. The molecule has 2 aromatic carbocycles. The van der Waals surface area contributed by atoms with Gasteiger partial charge in [0.1, 0.15) is 17.0 Å². The lowest BCUT2D eigenvalue weighted by Gasteiger charge is -2.16. The Morgan fingerprint density at radius 1 is 0.943 bits per heavy atom. The molecule has 1 fully saturated rings. The molecular formula is C24H15N5O5S. The van der Waals surface area contributed by atoms with Crippen LogP contribution in [-0.4, -0.2) is 31.6 Å². The van der Waals surface area contributed by atoms with Crippen molar-refractivity contribution in [1.29, 1.82) is 0 Å². The highest BCUT2D eigenvalue weighted by atomic mass is 32.1. The normalized spacial score (nSPS) is 13.4. The molecule has 35 heavy (non-hydrogen) atoms. The van der Waals surface area contributed by atoms with Crippen LogP contribution in [0, 0.1) is 10.1 Å². The number of furan rings is 1. The van der Waals surface area contributed by atoms with Crippen LogP contribution in [0.4, 0.5) is 5.69 Å². The van der Waals surface area contributed by atoms with Gasteiger partial charge in [0.2, 0.25) is 0 Å². The van der Waals surface area contributed by atoms with Crippen molar-refractivity contribution in [3.8, 4) is 28.5 Å². The number of carbonyl (C=O) groups excluding carboxylic acids is 2. The number of non-ortho nitro benzene ring substituents is 1. The Labute approximate surface area is 203 Å². The van der Waals surface area contributed by atoms with Gasteiger partial charge < -0.3 is 4.42 Å². The minimum atomic E-state index is -0.622. The number of nitro benzene ring substituents is 1. The van der Waals surface area contributed by atoms with Crippen LogP contribution in [0.3, 0.4) is 0 Å². The van der Waals surface area contributed by atoms with Crippen LogP contribution < -0.4 is 10.6 Å². The van der Waals surface area contributed by atoms with Gasteiger partial charge in [0.15, 0.2) is 10.9 Å². The van der Waals surface area contributed by atoms with E-state index in [1.165, 1.54) is 18.2 Å². The predicted molar refractivity (Wildman–Crippen MR) is 130 cm³/mol. The zero-order valence-electron chi connectivity index (χ0n) is 17.8. The van der Waals surface area contributed by atoms with Gasteiger partial charge in [-0.15, -0.1) is 0 Å². The minimum absolute atomic E-state index is 0.0282. The first-order chi connectivity index (χ1) is 16.9. The van der Waals surface area contributed by atoms with Crippen molar-refractivity contribution in [3.63, 3.8) is 0 Å². The molecule has 2 N–H and O–H groups in total. The standard InChI is InChI=1S/C24H15N5O5S/c30-22-18(23(31)26-24(35)25-22)12-15-13-28(16-4-2-1-3-5-16)27-21(15)20-11-10-19(34-20)14-6-8-17(9-7-14)29(32)33/h1-13H,(H2,25,26,30,31,35). The van der Waals surface area contributed by atoms with Crippen molar-refractivity contribution in [2.24, 2.45) is 0 Å². The molecule has 4 aromatic rings. The summed E-state index contributed by atoms with van der Waals surface area (Å²) in [5.74, 6) is -0.389. The topological polar surface area (TPSA) is 132 Å². The van der Waals surface area contributed by atoms with E-state index < -0.39 is 16.7 Å². The van der Waals surface area contributed by atoms with Gasteiger partial charge in [-0.3, -0.25) is 30.3 Å². The largest absolute Gasteiger partial charge is 0.454 e. The Kier molecular flexibility index (Phi) is 5.51. The highest BCUT2D eigenvalue weighted by Gasteiger charge is 2.27. The number of amides is 2. The van der Waals surface area contributed by atoms with Gasteiger partial charge in [-0.05, 0) is 54.7 Å². The summed E-state index contributed by atoms with van der Waals surface area (Å²) in [5, 5.41) is 20.3. The van der Waals surface area contributed by atoms with Gasteiger partial charge in [0.05, 0.1) is 10.6 Å². The van der Waals surface area contributed by atoms with Crippen LogP contribution in [0.1, 0.15) is 5.56 Å². The highest BCUT2D eigenvalue weighted by molar-refractivity contribution is 7.80. The number of thiocarbonyl (C=S) groups is 1. The number of hydrogen-bond donors (Lipinski definition) is 2. The van der Waals surface area contributed by atoms with Crippen molar-refractivity contribution >= 4 is 40.9 Å². The van der Waals surface area contributed by atoms with Gasteiger partial charge in [-0.2, -0.15) is 5.10 Å². The third-order valence-corrected chi connectivity index (χ3v) is 5.41. The number of carbonyl (C=O) groups is 2. The molecule has 0 bridgehead atoms. The molecule has 10 nitrogen and oxygen atoms in total. The Morgan fingerprint density at radius 3 is 2.26 bits per heavy atom. The third kappa shape index (κ3) is 4.35. The molecule has 3 heterocycles. The maximum Gasteiger partial charge on any atom is 0.269 e. The van der Waals surface area contributed by atoms with Gasteiger partial charge in [0.25, 0.3) is 17.5 Å². The molecule has 0 unspecified atom stereocenters. The third-order valence-electron chi connectivity index (χ3n) is 5.21. The van der Waals surface area contributed by atoms with E-state index in [1.807, 2.05) is 30.3 Å². The molecule has 0 atom stereocenters. The molecule has 172 valence electrons. The molecule has 2 aromatic heterocycles. The number of nitro groups is 1. The molecule has 0 radical (unpaired) electrons. The van der Waals surface area contributed by atoms with E-state index in [9.17, 15) is 19.7 Å². The first-order valence-electron chi connectivity index (χ1n) is 10.3. The second-order valence-corrected chi connectivity index (χ2v) is 7.88. The number of benzene rings is 2. The highest BCUT2D eigenvalue weighted by Crippen LogP contribution is 2.32. The van der Waals surface area contributed by atoms with Crippen LogP contribution in [0.5, 0.6) is 0 Å². The Bertz CT molecular complexity index is 1500. The average molecular weight is 485 g/mol. The van der Waals surface area contributed by atoms with Crippen LogP contribution >= 0.6 is 12.2 Å².